The summed E-state index contributed by atoms with van der Waals surface area (Å²) in [4.78, 5) is 0. The lowest BCUT2D eigenvalue weighted by molar-refractivity contribution is 1.09. The second kappa shape index (κ2) is 3.75. The molecule has 1 N–H and O–H groups in total. The first kappa shape index (κ1) is 8.52. The Bertz CT molecular complexity index is 452. The predicted molar refractivity (Wildman–Crippen MR) is 53.3 cm³/mol. The summed E-state index contributed by atoms with van der Waals surface area (Å²) in [6, 6.07) is 10.1. The molecule has 14 heavy (non-hydrogen) atoms. The van der Waals surface area contributed by atoms with Crippen LogP contribution >= 0.6 is 0 Å². The Morgan fingerprint density at radius 2 is 2.29 bits per heavy atom. The highest BCUT2D eigenvalue weighted by molar-refractivity contribution is 5.62. The van der Waals surface area contributed by atoms with Crippen LogP contribution < -0.4 is 0 Å². The lowest BCUT2D eigenvalue weighted by Gasteiger charge is -1.98. The number of aromatic nitrogens is 2. The van der Waals surface area contributed by atoms with Gasteiger partial charge in [-0.05, 0) is 11.1 Å². The minimum atomic E-state index is 0.450. The van der Waals surface area contributed by atoms with Crippen LogP contribution in [0.25, 0.3) is 11.1 Å². The predicted octanol–water partition coefficient (Wildman–Crippen LogP) is 2.14. The van der Waals surface area contributed by atoms with Crippen molar-refractivity contribution in [3.8, 4) is 17.2 Å². The van der Waals surface area contributed by atoms with Crippen molar-refractivity contribution in [3.63, 3.8) is 0 Å². The molecule has 0 aliphatic rings. The number of hydrogen-bond acceptors (Lipinski definition) is 2. The molecule has 1 aromatic heterocycles. The van der Waals surface area contributed by atoms with Crippen molar-refractivity contribution >= 4 is 0 Å². The van der Waals surface area contributed by atoms with E-state index in [0.717, 1.165) is 16.7 Å². The molecule has 0 bridgehead atoms. The number of hydrogen-bond donors (Lipinski definition) is 1. The molecule has 0 atom stereocenters. The molecule has 2 rings (SSSR count). The van der Waals surface area contributed by atoms with Gasteiger partial charge in [-0.3, -0.25) is 5.10 Å². The van der Waals surface area contributed by atoms with Crippen LogP contribution in [0.3, 0.4) is 0 Å². The lowest BCUT2D eigenvalue weighted by atomic mass is 10.1. The fraction of sp³-hybridized carbons (Fsp3) is 0.0909. The van der Waals surface area contributed by atoms with E-state index in [1.54, 1.807) is 6.20 Å². The molecule has 2 aromatic rings. The Hall–Kier alpha value is -2.08. The van der Waals surface area contributed by atoms with Crippen molar-refractivity contribution in [1.29, 1.82) is 5.26 Å². The molecule has 0 spiro atoms. The number of nitrogens with one attached hydrogen (secondary N) is 1. The summed E-state index contributed by atoms with van der Waals surface area (Å²) < 4.78 is 0. The van der Waals surface area contributed by atoms with Crippen molar-refractivity contribution in [1.82, 2.24) is 10.2 Å². The topological polar surface area (TPSA) is 52.5 Å². The van der Waals surface area contributed by atoms with Gasteiger partial charge in [-0.15, -0.1) is 0 Å². The van der Waals surface area contributed by atoms with Crippen molar-refractivity contribution in [3.05, 3.63) is 42.2 Å². The molecule has 0 saturated carbocycles. The maximum Gasteiger partial charge on any atom is 0.0669 e. The van der Waals surface area contributed by atoms with E-state index in [0.29, 0.717) is 6.42 Å². The first-order chi connectivity index (χ1) is 6.90. The van der Waals surface area contributed by atoms with Crippen molar-refractivity contribution in [2.75, 3.05) is 0 Å². The number of rotatable bonds is 2. The zero-order valence-corrected chi connectivity index (χ0v) is 7.57. The van der Waals surface area contributed by atoms with Gasteiger partial charge < -0.3 is 0 Å². The average Bonchev–Trinajstić information content (AvgIpc) is 2.71. The molecule has 0 saturated heterocycles. The van der Waals surface area contributed by atoms with Gasteiger partial charge in [-0.1, -0.05) is 24.3 Å². The zero-order chi connectivity index (χ0) is 9.80. The molecule has 0 amide bonds. The van der Waals surface area contributed by atoms with E-state index in [2.05, 4.69) is 16.3 Å². The number of H-pyrrole nitrogens is 1. The fourth-order valence-corrected chi connectivity index (χ4v) is 1.36. The van der Waals surface area contributed by atoms with Crippen LogP contribution in [0.5, 0.6) is 0 Å². The summed E-state index contributed by atoms with van der Waals surface area (Å²) in [5.74, 6) is 0. The molecule has 68 valence electrons. The largest absolute Gasteiger partial charge is 0.285 e. The van der Waals surface area contributed by atoms with Crippen molar-refractivity contribution in [2.45, 2.75) is 6.42 Å². The molecule has 1 heterocycles. The average molecular weight is 183 g/mol. The Morgan fingerprint density at radius 3 is 3.00 bits per heavy atom. The summed E-state index contributed by atoms with van der Waals surface area (Å²) in [6.45, 7) is 0. The molecule has 0 aliphatic carbocycles. The first-order valence-corrected chi connectivity index (χ1v) is 4.35. The van der Waals surface area contributed by atoms with E-state index >= 15 is 0 Å². The van der Waals surface area contributed by atoms with Gasteiger partial charge in [0, 0.05) is 11.8 Å². The highest BCUT2D eigenvalue weighted by atomic mass is 15.1. The fourth-order valence-electron chi connectivity index (χ4n) is 1.36. The second-order valence-electron chi connectivity index (χ2n) is 3.02. The van der Waals surface area contributed by atoms with E-state index in [4.69, 9.17) is 5.26 Å². The summed E-state index contributed by atoms with van der Waals surface area (Å²) in [7, 11) is 0. The lowest BCUT2D eigenvalue weighted by Crippen LogP contribution is -1.82. The molecule has 0 aliphatic heterocycles. The second-order valence-corrected chi connectivity index (χ2v) is 3.02. The normalized spacial score (nSPS) is 9.64. The summed E-state index contributed by atoms with van der Waals surface area (Å²) in [5, 5.41) is 15.2. The van der Waals surface area contributed by atoms with Gasteiger partial charge in [-0.2, -0.15) is 10.4 Å². The molecule has 3 heteroatoms. The van der Waals surface area contributed by atoms with Crippen LogP contribution in [-0.4, -0.2) is 10.2 Å². The third kappa shape index (κ3) is 1.64. The van der Waals surface area contributed by atoms with Gasteiger partial charge in [0.1, 0.15) is 0 Å². The van der Waals surface area contributed by atoms with Crippen molar-refractivity contribution < 1.29 is 0 Å². The Morgan fingerprint density at radius 1 is 1.36 bits per heavy atom. The van der Waals surface area contributed by atoms with Crippen LogP contribution in [0.2, 0.25) is 0 Å². The van der Waals surface area contributed by atoms with E-state index in [1.165, 1.54) is 0 Å². The van der Waals surface area contributed by atoms with Gasteiger partial charge in [0.15, 0.2) is 0 Å². The number of nitriles is 1. The van der Waals surface area contributed by atoms with E-state index in [1.807, 2.05) is 30.5 Å². The molecule has 0 fully saturated rings. The Balaban J connectivity index is 2.37. The van der Waals surface area contributed by atoms with Crippen LogP contribution in [0, 0.1) is 11.3 Å². The van der Waals surface area contributed by atoms with E-state index in [-0.39, 0.29) is 0 Å². The smallest absolute Gasteiger partial charge is 0.0669 e. The quantitative estimate of drug-likeness (QED) is 0.775. The number of aromatic amines is 1. The Kier molecular flexibility index (Phi) is 2.28. The summed E-state index contributed by atoms with van der Waals surface area (Å²) in [5.41, 5.74) is 3.17. The highest BCUT2D eigenvalue weighted by Gasteiger charge is 1.99. The molecule has 0 unspecified atom stereocenters. The van der Waals surface area contributed by atoms with Gasteiger partial charge in [0.2, 0.25) is 0 Å². The standard InChI is InChI=1S/C11H9N3/c12-5-4-9-2-1-3-10(6-9)11-7-13-14-8-11/h1-3,6-8H,4H2,(H,13,14). The monoisotopic (exact) mass is 183 g/mol. The van der Waals surface area contributed by atoms with Gasteiger partial charge in [-0.25, -0.2) is 0 Å². The third-order valence-corrected chi connectivity index (χ3v) is 2.04. The minimum Gasteiger partial charge on any atom is -0.285 e. The summed E-state index contributed by atoms with van der Waals surface area (Å²) in [6.07, 6.45) is 4.06. The molecular weight excluding hydrogens is 174 g/mol. The molecular formula is C11H9N3. The number of nitrogens with zero attached hydrogens (tertiary/aromatic N) is 2. The van der Waals surface area contributed by atoms with E-state index in [9.17, 15) is 0 Å². The maximum atomic E-state index is 8.57. The van der Waals surface area contributed by atoms with Gasteiger partial charge in [0.05, 0.1) is 18.7 Å². The molecule has 1 aromatic carbocycles. The first-order valence-electron chi connectivity index (χ1n) is 4.35. The number of benzene rings is 1. The van der Waals surface area contributed by atoms with Crippen LogP contribution in [0.4, 0.5) is 0 Å². The van der Waals surface area contributed by atoms with E-state index < -0.39 is 0 Å². The van der Waals surface area contributed by atoms with Gasteiger partial charge >= 0.3 is 0 Å². The molecule has 0 radical (unpaired) electrons. The zero-order valence-electron chi connectivity index (χ0n) is 7.57. The minimum absolute atomic E-state index is 0.450. The third-order valence-electron chi connectivity index (χ3n) is 2.04. The van der Waals surface area contributed by atoms with Crippen LogP contribution in [0.15, 0.2) is 36.7 Å². The van der Waals surface area contributed by atoms with Crippen LogP contribution in [0.1, 0.15) is 5.56 Å². The van der Waals surface area contributed by atoms with Crippen molar-refractivity contribution in [2.24, 2.45) is 0 Å². The summed E-state index contributed by atoms with van der Waals surface area (Å²) >= 11 is 0. The van der Waals surface area contributed by atoms with Crippen LogP contribution in [-0.2, 0) is 6.42 Å². The van der Waals surface area contributed by atoms with Gasteiger partial charge in [0.25, 0.3) is 0 Å². The highest BCUT2D eigenvalue weighted by Crippen LogP contribution is 2.18. The SMILES string of the molecule is N#CCc1cccc(-c2cn[nH]c2)c1. The Labute approximate surface area is 82.0 Å². The maximum absolute atomic E-state index is 8.57. The molecule has 3 nitrogen and oxygen atoms in total.